The summed E-state index contributed by atoms with van der Waals surface area (Å²) in [5.41, 5.74) is 17.5. The van der Waals surface area contributed by atoms with Crippen molar-refractivity contribution in [1.29, 1.82) is 0 Å². The normalized spacial score (nSPS) is 16.4. The Morgan fingerprint density at radius 1 is 1.07 bits per heavy atom. The van der Waals surface area contributed by atoms with Crippen LogP contribution in [0, 0.1) is 0 Å². The van der Waals surface area contributed by atoms with Gasteiger partial charge in [-0.25, -0.2) is 9.59 Å². The van der Waals surface area contributed by atoms with E-state index in [1.54, 1.807) is 19.9 Å². The predicted molar refractivity (Wildman–Crippen MR) is 116 cm³/mol. The number of carbonyl (C=O) groups is 2. The van der Waals surface area contributed by atoms with E-state index in [1.165, 1.54) is 34.7 Å². The highest BCUT2D eigenvalue weighted by atomic mass is 16.6. The van der Waals surface area contributed by atoms with Crippen molar-refractivity contribution in [3.05, 3.63) is 52.4 Å². The lowest BCUT2D eigenvalue weighted by Crippen LogP contribution is -2.33. The van der Waals surface area contributed by atoms with Crippen molar-refractivity contribution in [2.75, 3.05) is 5.32 Å². The summed E-state index contributed by atoms with van der Waals surface area (Å²) < 4.78 is 10.8. The molecule has 7 heteroatoms. The van der Waals surface area contributed by atoms with Crippen LogP contribution in [0.4, 0.5) is 10.5 Å². The summed E-state index contributed by atoms with van der Waals surface area (Å²) in [5.74, 6) is -0.617. The molecule has 0 spiro atoms. The van der Waals surface area contributed by atoms with Gasteiger partial charge in [-0.1, -0.05) is 6.07 Å². The lowest BCUT2D eigenvalue weighted by molar-refractivity contribution is -0.157. The number of nitrogens with two attached hydrogens (primary N) is 2. The lowest BCUT2D eigenvalue weighted by atomic mass is 9.99. The average molecular weight is 414 g/mol. The monoisotopic (exact) mass is 413 g/mol. The second-order valence-corrected chi connectivity index (χ2v) is 8.04. The Kier molecular flexibility index (Phi) is 7.03. The van der Waals surface area contributed by atoms with Gasteiger partial charge in [0.15, 0.2) is 0 Å². The molecule has 0 heterocycles. The van der Waals surface area contributed by atoms with Gasteiger partial charge >= 0.3 is 12.1 Å². The first-order valence-corrected chi connectivity index (χ1v) is 10.6. The Balaban J connectivity index is 1.79. The number of hydrogen-bond donors (Lipinski definition) is 3. The van der Waals surface area contributed by atoms with Gasteiger partial charge in [-0.2, -0.15) is 0 Å². The maximum absolute atomic E-state index is 12.8. The van der Waals surface area contributed by atoms with E-state index in [4.69, 9.17) is 20.9 Å². The van der Waals surface area contributed by atoms with E-state index in [0.29, 0.717) is 5.57 Å². The summed E-state index contributed by atoms with van der Waals surface area (Å²) in [6.07, 6.45) is 8.30. The molecule has 0 radical (unpaired) electrons. The third-order valence-electron chi connectivity index (χ3n) is 5.51. The summed E-state index contributed by atoms with van der Waals surface area (Å²) in [6.45, 7) is 3.48. The third-order valence-corrected chi connectivity index (χ3v) is 5.51. The Morgan fingerprint density at radius 2 is 1.70 bits per heavy atom. The minimum Gasteiger partial charge on any atom is -0.460 e. The number of allylic oxidation sites excluding steroid dienone is 1. The molecule has 5 N–H and O–H groups in total. The molecule has 7 nitrogen and oxygen atoms in total. The SMILES string of the molecule is CC(C)OC(=O)C(CC(/C=C\N)=C/N)OC(=O)Nc1c2c(cc3c1CCC3)CCC2. The van der Waals surface area contributed by atoms with Gasteiger partial charge in [0.1, 0.15) is 0 Å². The molecule has 1 amide bonds. The van der Waals surface area contributed by atoms with E-state index in [9.17, 15) is 9.59 Å². The van der Waals surface area contributed by atoms with Crippen molar-refractivity contribution in [2.45, 2.75) is 71.0 Å². The average Bonchev–Trinajstić information content (AvgIpc) is 3.35. The Labute approximate surface area is 177 Å². The van der Waals surface area contributed by atoms with Crippen LogP contribution in [0.15, 0.2) is 30.1 Å². The van der Waals surface area contributed by atoms with Crippen molar-refractivity contribution in [2.24, 2.45) is 11.5 Å². The zero-order valence-corrected chi connectivity index (χ0v) is 17.7. The summed E-state index contributed by atoms with van der Waals surface area (Å²) in [5, 5.41) is 2.94. The van der Waals surface area contributed by atoms with E-state index in [2.05, 4.69) is 11.4 Å². The van der Waals surface area contributed by atoms with Gasteiger partial charge in [0.2, 0.25) is 6.10 Å². The van der Waals surface area contributed by atoms with Gasteiger partial charge in [0, 0.05) is 6.42 Å². The molecule has 0 bridgehead atoms. The molecular formula is C23H31N3O4. The van der Waals surface area contributed by atoms with Gasteiger partial charge in [0.05, 0.1) is 11.8 Å². The molecule has 0 aromatic heterocycles. The van der Waals surface area contributed by atoms with Crippen LogP contribution in [0.2, 0.25) is 0 Å². The van der Waals surface area contributed by atoms with Crippen LogP contribution >= 0.6 is 0 Å². The first-order chi connectivity index (χ1) is 14.4. The van der Waals surface area contributed by atoms with Crippen molar-refractivity contribution in [3.63, 3.8) is 0 Å². The highest BCUT2D eigenvalue weighted by molar-refractivity contribution is 5.90. The van der Waals surface area contributed by atoms with E-state index in [-0.39, 0.29) is 12.5 Å². The molecule has 2 aliphatic rings. The first kappa shape index (κ1) is 21.7. The summed E-state index contributed by atoms with van der Waals surface area (Å²) in [7, 11) is 0. The lowest BCUT2D eigenvalue weighted by Gasteiger charge is -2.21. The Morgan fingerprint density at radius 3 is 2.23 bits per heavy atom. The van der Waals surface area contributed by atoms with E-state index >= 15 is 0 Å². The molecule has 1 unspecified atom stereocenters. The minimum absolute atomic E-state index is 0.0776. The van der Waals surface area contributed by atoms with Gasteiger partial charge in [0.25, 0.3) is 0 Å². The number of hydrogen-bond acceptors (Lipinski definition) is 6. The standard InChI is InChI=1S/C23H31N3O4/c1-14(2)29-22(27)20(11-15(13-25)9-10-24)30-23(28)26-21-18-7-3-5-16(18)12-17-6-4-8-19(17)21/h9-10,12-14,20H,3-8,11,24-25H2,1-2H3,(H,26,28)/b10-9-,15-13+. The highest BCUT2D eigenvalue weighted by Gasteiger charge is 2.29. The molecule has 0 aliphatic heterocycles. The fraction of sp³-hybridized carbons (Fsp3) is 0.478. The van der Waals surface area contributed by atoms with Crippen LogP contribution in [0.25, 0.3) is 0 Å². The maximum Gasteiger partial charge on any atom is 0.412 e. The van der Waals surface area contributed by atoms with Crippen LogP contribution in [-0.2, 0) is 40.0 Å². The number of esters is 1. The van der Waals surface area contributed by atoms with E-state index in [1.807, 2.05) is 0 Å². The van der Waals surface area contributed by atoms with Crippen molar-refractivity contribution >= 4 is 17.7 Å². The van der Waals surface area contributed by atoms with Gasteiger partial charge in [-0.15, -0.1) is 0 Å². The summed E-state index contributed by atoms with van der Waals surface area (Å²) in [6, 6.07) is 2.29. The topological polar surface area (TPSA) is 117 Å². The van der Waals surface area contributed by atoms with E-state index in [0.717, 1.165) is 44.2 Å². The van der Waals surface area contributed by atoms with Crippen molar-refractivity contribution in [3.8, 4) is 0 Å². The molecule has 1 aromatic rings. The van der Waals surface area contributed by atoms with Crippen molar-refractivity contribution < 1.29 is 19.1 Å². The molecule has 0 saturated carbocycles. The van der Waals surface area contributed by atoms with Gasteiger partial charge in [-0.05, 0) is 98.7 Å². The summed E-state index contributed by atoms with van der Waals surface area (Å²) >= 11 is 0. The van der Waals surface area contributed by atoms with Crippen LogP contribution < -0.4 is 16.8 Å². The number of benzene rings is 1. The Bertz CT molecular complexity index is 841. The maximum atomic E-state index is 12.8. The number of fused-ring (bicyclic) bond motifs is 2. The zero-order chi connectivity index (χ0) is 21.7. The van der Waals surface area contributed by atoms with Gasteiger partial charge in [-0.3, -0.25) is 5.32 Å². The van der Waals surface area contributed by atoms with Gasteiger partial charge < -0.3 is 20.9 Å². The largest absolute Gasteiger partial charge is 0.460 e. The second kappa shape index (κ2) is 9.69. The van der Waals surface area contributed by atoms with Crippen molar-refractivity contribution in [1.82, 2.24) is 0 Å². The molecule has 162 valence electrons. The van der Waals surface area contributed by atoms with Crippen LogP contribution in [0.1, 0.15) is 55.4 Å². The van der Waals surface area contributed by atoms with E-state index < -0.39 is 18.2 Å². The number of amides is 1. The molecule has 1 atom stereocenters. The Hall–Kier alpha value is -2.96. The molecule has 3 rings (SSSR count). The van der Waals surface area contributed by atoms with Crippen LogP contribution in [-0.4, -0.2) is 24.3 Å². The third kappa shape index (κ3) is 4.96. The second-order valence-electron chi connectivity index (χ2n) is 8.04. The molecular weight excluding hydrogens is 382 g/mol. The number of ether oxygens (including phenoxy) is 2. The first-order valence-electron chi connectivity index (χ1n) is 10.6. The number of carbonyl (C=O) groups excluding carboxylic acids is 2. The molecule has 2 aliphatic carbocycles. The molecule has 0 fully saturated rings. The fourth-order valence-corrected chi connectivity index (χ4v) is 4.24. The smallest absolute Gasteiger partial charge is 0.412 e. The predicted octanol–water partition coefficient (Wildman–Crippen LogP) is 3.24. The van der Waals surface area contributed by atoms with Crippen LogP contribution in [0.5, 0.6) is 0 Å². The molecule has 1 aromatic carbocycles. The summed E-state index contributed by atoms with van der Waals surface area (Å²) in [4.78, 5) is 25.3. The number of anilines is 1. The fourth-order valence-electron chi connectivity index (χ4n) is 4.24. The molecule has 30 heavy (non-hydrogen) atoms. The number of aryl methyl sites for hydroxylation is 2. The molecule has 0 saturated heterocycles. The minimum atomic E-state index is -1.12. The number of rotatable bonds is 7. The number of nitrogens with one attached hydrogen (secondary N) is 1. The highest BCUT2D eigenvalue weighted by Crippen LogP contribution is 2.38. The van der Waals surface area contributed by atoms with Crippen LogP contribution in [0.3, 0.4) is 0 Å². The zero-order valence-electron chi connectivity index (χ0n) is 17.7. The quantitative estimate of drug-likeness (QED) is 0.467.